The van der Waals surface area contributed by atoms with E-state index < -0.39 is 12.6 Å². The molecule has 0 saturated heterocycles. The van der Waals surface area contributed by atoms with Gasteiger partial charge in [0, 0.05) is 18.2 Å². The summed E-state index contributed by atoms with van der Waals surface area (Å²) in [5.41, 5.74) is 1.63. The van der Waals surface area contributed by atoms with Crippen LogP contribution >= 0.6 is 0 Å². The van der Waals surface area contributed by atoms with Crippen molar-refractivity contribution in [3.63, 3.8) is 0 Å². The second-order valence-electron chi connectivity index (χ2n) is 5.29. The molecule has 1 aliphatic carbocycles. The van der Waals surface area contributed by atoms with Crippen molar-refractivity contribution in [2.75, 3.05) is 18.5 Å². The van der Waals surface area contributed by atoms with Gasteiger partial charge in [-0.25, -0.2) is 9.78 Å². The molecule has 114 valence electrons. The van der Waals surface area contributed by atoms with E-state index in [1.165, 1.54) is 12.8 Å². The molecule has 0 unspecified atom stereocenters. The molecule has 3 rings (SSSR count). The Kier molecular flexibility index (Phi) is 4.18. The summed E-state index contributed by atoms with van der Waals surface area (Å²) in [5.74, 6) is 0.378. The molecule has 1 heterocycles. The molecular weight excluding hydrogens is 282 g/mol. The Morgan fingerprint density at radius 3 is 2.73 bits per heavy atom. The smallest absolute Gasteiger partial charge is 0.341 e. The van der Waals surface area contributed by atoms with Gasteiger partial charge in [-0.2, -0.15) is 4.98 Å². The lowest BCUT2D eigenvalue weighted by Crippen LogP contribution is -2.12. The highest BCUT2D eigenvalue weighted by Crippen LogP contribution is 2.29. The average Bonchev–Trinajstić information content (AvgIpc) is 3.36. The molecule has 6 nitrogen and oxygen atoms in total. The third kappa shape index (κ3) is 3.94. The maximum atomic E-state index is 10.7. The Morgan fingerprint density at radius 1 is 1.27 bits per heavy atom. The fourth-order valence-electron chi connectivity index (χ4n) is 2.03. The topological polar surface area (TPSA) is 84.3 Å². The number of carboxylic acids is 1. The third-order valence-electron chi connectivity index (χ3n) is 3.36. The van der Waals surface area contributed by atoms with Gasteiger partial charge in [-0.3, -0.25) is 0 Å². The third-order valence-corrected chi connectivity index (χ3v) is 3.36. The summed E-state index contributed by atoms with van der Waals surface area (Å²) in [4.78, 5) is 19.4. The highest BCUT2D eigenvalue weighted by Gasteiger charge is 2.21. The second-order valence-corrected chi connectivity index (χ2v) is 5.29. The predicted molar refractivity (Wildman–Crippen MR) is 81.8 cm³/mol. The molecule has 0 amide bonds. The first kappa shape index (κ1) is 14.3. The van der Waals surface area contributed by atoms with Crippen molar-refractivity contribution >= 4 is 11.9 Å². The van der Waals surface area contributed by atoms with E-state index in [0.29, 0.717) is 17.6 Å². The summed E-state index contributed by atoms with van der Waals surface area (Å²) in [5, 5.41) is 11.9. The van der Waals surface area contributed by atoms with Crippen LogP contribution in [0, 0.1) is 5.92 Å². The van der Waals surface area contributed by atoms with Crippen LogP contribution in [0.3, 0.4) is 0 Å². The fraction of sp³-hybridized carbons (Fsp3) is 0.312. The highest BCUT2D eigenvalue weighted by molar-refractivity contribution is 5.68. The van der Waals surface area contributed by atoms with Crippen LogP contribution < -0.4 is 10.1 Å². The van der Waals surface area contributed by atoms with Crippen LogP contribution in [0.25, 0.3) is 11.3 Å². The highest BCUT2D eigenvalue weighted by atomic mass is 16.5. The number of anilines is 1. The summed E-state index contributed by atoms with van der Waals surface area (Å²) in [6, 6.07) is 11.3. The number of carbonyl (C=O) groups is 1. The number of aliphatic carboxylic acids is 1. The molecule has 1 fully saturated rings. The zero-order chi connectivity index (χ0) is 15.4. The van der Waals surface area contributed by atoms with Crippen molar-refractivity contribution in [2.24, 2.45) is 5.92 Å². The molecule has 1 saturated carbocycles. The maximum Gasteiger partial charge on any atom is 0.341 e. The number of hydrogen-bond acceptors (Lipinski definition) is 5. The van der Waals surface area contributed by atoms with E-state index in [1.54, 1.807) is 6.07 Å². The first-order chi connectivity index (χ1) is 10.7. The van der Waals surface area contributed by atoms with Crippen LogP contribution in [0.1, 0.15) is 12.8 Å². The number of rotatable bonds is 7. The Morgan fingerprint density at radius 2 is 2.05 bits per heavy atom. The van der Waals surface area contributed by atoms with E-state index in [0.717, 1.165) is 12.1 Å². The molecule has 22 heavy (non-hydrogen) atoms. The Hall–Kier alpha value is -2.63. The molecule has 0 aliphatic heterocycles. The van der Waals surface area contributed by atoms with Crippen LogP contribution in [0.2, 0.25) is 0 Å². The maximum absolute atomic E-state index is 10.7. The summed E-state index contributed by atoms with van der Waals surface area (Å²) in [6.45, 7) is 0.407. The van der Waals surface area contributed by atoms with Gasteiger partial charge in [0.2, 0.25) is 11.8 Å². The molecule has 0 bridgehead atoms. The number of aromatic nitrogens is 2. The number of benzene rings is 1. The lowest BCUT2D eigenvalue weighted by Gasteiger charge is -2.10. The van der Waals surface area contributed by atoms with Crippen molar-refractivity contribution in [3.05, 3.63) is 36.4 Å². The average molecular weight is 299 g/mol. The number of nitrogens with one attached hydrogen (secondary N) is 1. The number of ether oxygens (including phenoxy) is 1. The van der Waals surface area contributed by atoms with Gasteiger partial charge < -0.3 is 15.2 Å². The molecule has 1 aliphatic rings. The van der Waals surface area contributed by atoms with Gasteiger partial charge in [-0.05, 0) is 18.8 Å². The van der Waals surface area contributed by atoms with E-state index in [2.05, 4.69) is 15.3 Å². The van der Waals surface area contributed by atoms with Crippen LogP contribution in [-0.2, 0) is 4.79 Å². The molecule has 2 N–H and O–H groups in total. The summed E-state index contributed by atoms with van der Waals surface area (Å²) >= 11 is 0. The van der Waals surface area contributed by atoms with Crippen molar-refractivity contribution in [3.8, 4) is 17.1 Å². The largest absolute Gasteiger partial charge is 0.479 e. The Balaban J connectivity index is 1.84. The molecule has 1 aromatic carbocycles. The summed E-state index contributed by atoms with van der Waals surface area (Å²) in [6.07, 6.45) is 2.46. The zero-order valence-electron chi connectivity index (χ0n) is 12.0. The van der Waals surface area contributed by atoms with Gasteiger partial charge in [0.1, 0.15) is 0 Å². The Bertz CT molecular complexity index is 657. The minimum absolute atomic E-state index is 0.259. The monoisotopic (exact) mass is 299 g/mol. The van der Waals surface area contributed by atoms with Crippen LogP contribution in [0.5, 0.6) is 5.88 Å². The quantitative estimate of drug-likeness (QED) is 0.817. The van der Waals surface area contributed by atoms with Crippen molar-refractivity contribution in [1.82, 2.24) is 9.97 Å². The van der Waals surface area contributed by atoms with Crippen molar-refractivity contribution < 1.29 is 14.6 Å². The molecular formula is C16H17N3O3. The van der Waals surface area contributed by atoms with Crippen LogP contribution in [0.4, 0.5) is 5.95 Å². The van der Waals surface area contributed by atoms with E-state index >= 15 is 0 Å². The van der Waals surface area contributed by atoms with Gasteiger partial charge in [0.15, 0.2) is 6.61 Å². The van der Waals surface area contributed by atoms with E-state index in [4.69, 9.17) is 9.84 Å². The van der Waals surface area contributed by atoms with Gasteiger partial charge in [0.05, 0.1) is 5.69 Å². The van der Waals surface area contributed by atoms with E-state index in [1.807, 2.05) is 30.3 Å². The van der Waals surface area contributed by atoms with Crippen molar-refractivity contribution in [2.45, 2.75) is 12.8 Å². The van der Waals surface area contributed by atoms with Gasteiger partial charge in [-0.15, -0.1) is 0 Å². The van der Waals surface area contributed by atoms with Gasteiger partial charge in [0.25, 0.3) is 0 Å². The van der Waals surface area contributed by atoms with E-state index in [-0.39, 0.29) is 5.88 Å². The first-order valence-corrected chi connectivity index (χ1v) is 7.23. The number of carboxylic acid groups (broad SMARTS) is 1. The molecule has 0 atom stereocenters. The first-order valence-electron chi connectivity index (χ1n) is 7.23. The van der Waals surface area contributed by atoms with Crippen LogP contribution in [0.15, 0.2) is 36.4 Å². The van der Waals surface area contributed by atoms with Gasteiger partial charge >= 0.3 is 5.97 Å². The van der Waals surface area contributed by atoms with Crippen molar-refractivity contribution in [1.29, 1.82) is 0 Å². The van der Waals surface area contributed by atoms with Crippen LogP contribution in [-0.4, -0.2) is 34.2 Å². The summed E-state index contributed by atoms with van der Waals surface area (Å²) in [7, 11) is 0. The SMILES string of the molecule is O=C(O)COc1cc(-c2ccccc2)nc(NCC2CC2)n1. The molecule has 2 aromatic rings. The predicted octanol–water partition coefficient (Wildman–Crippen LogP) is 2.43. The molecule has 6 heteroatoms. The molecule has 0 spiro atoms. The van der Waals surface area contributed by atoms with Gasteiger partial charge in [-0.1, -0.05) is 30.3 Å². The zero-order valence-corrected chi connectivity index (χ0v) is 12.0. The fourth-order valence-corrected chi connectivity index (χ4v) is 2.03. The normalized spacial score (nSPS) is 13.6. The summed E-state index contributed by atoms with van der Waals surface area (Å²) < 4.78 is 5.20. The standard InChI is InChI=1S/C16H17N3O3/c20-15(21)10-22-14-8-13(12-4-2-1-3-5-12)18-16(19-14)17-9-11-6-7-11/h1-5,8,11H,6-7,9-10H2,(H,20,21)(H,17,18,19). The lowest BCUT2D eigenvalue weighted by molar-refractivity contribution is -0.139. The number of hydrogen-bond donors (Lipinski definition) is 2. The lowest BCUT2D eigenvalue weighted by atomic mass is 10.1. The molecule has 0 radical (unpaired) electrons. The van der Waals surface area contributed by atoms with E-state index in [9.17, 15) is 4.79 Å². The number of nitrogens with zero attached hydrogens (tertiary/aromatic N) is 2. The molecule has 1 aromatic heterocycles. The minimum Gasteiger partial charge on any atom is -0.479 e. The second kappa shape index (κ2) is 6.43. The Labute approximate surface area is 128 Å². The minimum atomic E-state index is -1.03.